The Morgan fingerprint density at radius 3 is 2.48 bits per heavy atom. The lowest BCUT2D eigenvalue weighted by Gasteiger charge is -2.34. The molecule has 0 spiro atoms. The van der Waals surface area contributed by atoms with E-state index in [1.807, 2.05) is 24.3 Å². The first-order valence-corrected chi connectivity index (χ1v) is 9.34. The van der Waals surface area contributed by atoms with E-state index in [2.05, 4.69) is 27.3 Å². The third-order valence-corrected chi connectivity index (χ3v) is 5.58. The molecule has 1 aromatic rings. The van der Waals surface area contributed by atoms with Gasteiger partial charge in [-0.3, -0.25) is 9.78 Å². The molecular weight excluding hydrogens is 336 g/mol. The van der Waals surface area contributed by atoms with Crippen LogP contribution in [0.1, 0.15) is 32.1 Å². The minimum atomic E-state index is 0. The van der Waals surface area contributed by atoms with Gasteiger partial charge in [-0.05, 0) is 63.2 Å². The van der Waals surface area contributed by atoms with Crippen LogP contribution in [-0.4, -0.2) is 55.6 Å². The summed E-state index contributed by atoms with van der Waals surface area (Å²) in [7, 11) is 1.98. The predicted octanol–water partition coefficient (Wildman–Crippen LogP) is 2.57. The van der Waals surface area contributed by atoms with Crippen molar-refractivity contribution in [1.29, 1.82) is 0 Å². The Kier molecular flexibility index (Phi) is 7.97. The van der Waals surface area contributed by atoms with Gasteiger partial charge in [0.25, 0.3) is 0 Å². The second-order valence-electron chi connectivity index (χ2n) is 7.21. The maximum Gasteiger partial charge on any atom is 0.225 e. The van der Waals surface area contributed by atoms with Crippen molar-refractivity contribution in [3.05, 3.63) is 24.5 Å². The number of carbonyl (C=O) groups excluding carboxylic acids is 1. The Morgan fingerprint density at radius 1 is 1.20 bits per heavy atom. The molecule has 0 bridgehead atoms. The van der Waals surface area contributed by atoms with E-state index in [0.717, 1.165) is 57.9 Å². The van der Waals surface area contributed by atoms with Gasteiger partial charge in [-0.15, -0.1) is 12.4 Å². The van der Waals surface area contributed by atoms with Gasteiger partial charge in [-0.25, -0.2) is 0 Å². The van der Waals surface area contributed by atoms with Crippen molar-refractivity contribution in [3.8, 4) is 0 Å². The molecule has 2 fully saturated rings. The summed E-state index contributed by atoms with van der Waals surface area (Å²) in [5.74, 6) is 1.34. The van der Waals surface area contributed by atoms with Gasteiger partial charge in [-0.1, -0.05) is 0 Å². The number of aromatic nitrogens is 1. The zero-order valence-electron chi connectivity index (χ0n) is 15.2. The molecule has 0 saturated carbocycles. The molecule has 0 aliphatic carbocycles. The Labute approximate surface area is 157 Å². The smallest absolute Gasteiger partial charge is 0.225 e. The van der Waals surface area contributed by atoms with Crippen LogP contribution in [0.15, 0.2) is 24.5 Å². The summed E-state index contributed by atoms with van der Waals surface area (Å²) < 4.78 is 0. The predicted molar refractivity (Wildman–Crippen MR) is 104 cm³/mol. The second kappa shape index (κ2) is 9.97. The molecule has 1 N–H and O–H groups in total. The Bertz CT molecular complexity index is 513. The van der Waals surface area contributed by atoms with Gasteiger partial charge in [0.1, 0.15) is 0 Å². The van der Waals surface area contributed by atoms with Gasteiger partial charge in [0, 0.05) is 50.7 Å². The molecule has 2 saturated heterocycles. The lowest BCUT2D eigenvalue weighted by Crippen LogP contribution is -2.40. The minimum Gasteiger partial charge on any atom is -0.371 e. The number of rotatable bonds is 5. The summed E-state index contributed by atoms with van der Waals surface area (Å²) >= 11 is 0. The maximum absolute atomic E-state index is 12.5. The number of anilines is 1. The highest BCUT2D eigenvalue weighted by atomic mass is 35.5. The molecule has 0 unspecified atom stereocenters. The quantitative estimate of drug-likeness (QED) is 0.870. The van der Waals surface area contributed by atoms with Crippen molar-refractivity contribution in [2.24, 2.45) is 11.8 Å². The maximum atomic E-state index is 12.5. The summed E-state index contributed by atoms with van der Waals surface area (Å²) in [6, 6.07) is 4.18. The fraction of sp³-hybridized carbons (Fsp3) is 0.684. The van der Waals surface area contributed by atoms with Gasteiger partial charge in [0.05, 0.1) is 0 Å². The van der Waals surface area contributed by atoms with Crippen molar-refractivity contribution in [1.82, 2.24) is 15.2 Å². The third kappa shape index (κ3) is 5.58. The van der Waals surface area contributed by atoms with Crippen LogP contribution in [0.2, 0.25) is 0 Å². The Morgan fingerprint density at radius 2 is 1.84 bits per heavy atom. The van der Waals surface area contributed by atoms with E-state index < -0.39 is 0 Å². The summed E-state index contributed by atoms with van der Waals surface area (Å²) in [6.07, 6.45) is 9.29. The van der Waals surface area contributed by atoms with E-state index >= 15 is 0 Å². The van der Waals surface area contributed by atoms with Crippen LogP contribution in [0.4, 0.5) is 5.69 Å². The van der Waals surface area contributed by atoms with E-state index in [1.54, 1.807) is 0 Å². The van der Waals surface area contributed by atoms with Gasteiger partial charge >= 0.3 is 0 Å². The number of piperidine rings is 2. The first kappa shape index (κ1) is 20.0. The largest absolute Gasteiger partial charge is 0.371 e. The molecule has 6 heteroatoms. The molecule has 0 radical (unpaired) electrons. The molecule has 2 aliphatic heterocycles. The number of nitrogens with one attached hydrogen (secondary N) is 1. The lowest BCUT2D eigenvalue weighted by atomic mass is 9.92. The van der Waals surface area contributed by atoms with Gasteiger partial charge in [-0.2, -0.15) is 0 Å². The monoisotopic (exact) mass is 366 g/mol. The highest BCUT2D eigenvalue weighted by Crippen LogP contribution is 2.25. The Balaban J connectivity index is 0.00000225. The van der Waals surface area contributed by atoms with Crippen molar-refractivity contribution in [2.45, 2.75) is 32.1 Å². The molecule has 0 aromatic carbocycles. The molecule has 5 nitrogen and oxygen atoms in total. The highest BCUT2D eigenvalue weighted by Gasteiger charge is 2.25. The van der Waals surface area contributed by atoms with Crippen LogP contribution in [0.25, 0.3) is 0 Å². The second-order valence-corrected chi connectivity index (χ2v) is 7.21. The zero-order chi connectivity index (χ0) is 16.8. The summed E-state index contributed by atoms with van der Waals surface area (Å²) in [4.78, 5) is 21.0. The van der Waals surface area contributed by atoms with Crippen LogP contribution in [-0.2, 0) is 4.79 Å². The van der Waals surface area contributed by atoms with E-state index in [1.165, 1.54) is 18.5 Å². The zero-order valence-corrected chi connectivity index (χ0v) is 16.0. The summed E-state index contributed by atoms with van der Waals surface area (Å²) in [5, 5.41) is 3.33. The molecular formula is C19H31ClN4O. The molecule has 1 aromatic heterocycles. The lowest BCUT2D eigenvalue weighted by molar-refractivity contribution is -0.135. The minimum absolute atomic E-state index is 0. The topological polar surface area (TPSA) is 48.5 Å². The molecule has 2 aliphatic rings. The average molecular weight is 367 g/mol. The number of nitrogens with zero attached hydrogens (tertiary/aromatic N) is 3. The molecule has 140 valence electrons. The van der Waals surface area contributed by atoms with Crippen LogP contribution in [0.5, 0.6) is 0 Å². The van der Waals surface area contributed by atoms with Crippen LogP contribution < -0.4 is 10.2 Å². The number of amides is 1. The number of pyridine rings is 1. The van der Waals surface area contributed by atoms with Crippen LogP contribution >= 0.6 is 12.4 Å². The SMILES string of the molecule is CN(CCC1CCN(c2ccncc2)CC1)C(=O)C1CCNCC1.Cl. The number of carbonyl (C=O) groups is 1. The van der Waals surface area contributed by atoms with Gasteiger partial charge < -0.3 is 15.1 Å². The van der Waals surface area contributed by atoms with Gasteiger partial charge in [0.2, 0.25) is 5.91 Å². The van der Waals surface area contributed by atoms with Crippen molar-refractivity contribution in [3.63, 3.8) is 0 Å². The number of hydrogen-bond acceptors (Lipinski definition) is 4. The summed E-state index contributed by atoms with van der Waals surface area (Å²) in [5.41, 5.74) is 1.28. The van der Waals surface area contributed by atoms with Crippen molar-refractivity contribution < 1.29 is 4.79 Å². The fourth-order valence-electron chi connectivity index (χ4n) is 3.90. The van der Waals surface area contributed by atoms with E-state index in [9.17, 15) is 4.79 Å². The number of halogens is 1. The van der Waals surface area contributed by atoms with Crippen LogP contribution in [0.3, 0.4) is 0 Å². The first-order chi connectivity index (χ1) is 11.7. The van der Waals surface area contributed by atoms with E-state index in [4.69, 9.17) is 0 Å². The molecule has 3 heterocycles. The Hall–Kier alpha value is -1.33. The molecule has 25 heavy (non-hydrogen) atoms. The molecule has 3 rings (SSSR count). The first-order valence-electron chi connectivity index (χ1n) is 9.34. The van der Waals surface area contributed by atoms with Gasteiger partial charge in [0.15, 0.2) is 0 Å². The van der Waals surface area contributed by atoms with Crippen LogP contribution in [0, 0.1) is 11.8 Å². The van der Waals surface area contributed by atoms with Crippen molar-refractivity contribution in [2.75, 3.05) is 44.7 Å². The highest BCUT2D eigenvalue weighted by molar-refractivity contribution is 5.85. The van der Waals surface area contributed by atoms with Crippen molar-refractivity contribution >= 4 is 24.0 Å². The third-order valence-electron chi connectivity index (χ3n) is 5.58. The standard InChI is InChI=1S/C19H30N4O.ClH/c1-22(19(24)17-2-9-20-10-3-17)13-6-16-7-14-23(15-8-16)18-4-11-21-12-5-18;/h4-5,11-12,16-17,20H,2-3,6-10,13-15H2,1H3;1H. The molecule has 0 atom stereocenters. The average Bonchev–Trinajstić information content (AvgIpc) is 2.67. The number of hydrogen-bond donors (Lipinski definition) is 1. The normalized spacial score (nSPS) is 19.3. The molecule has 1 amide bonds. The summed E-state index contributed by atoms with van der Waals surface area (Å²) in [6.45, 7) is 5.10. The van der Waals surface area contributed by atoms with E-state index in [0.29, 0.717) is 5.91 Å². The fourth-order valence-corrected chi connectivity index (χ4v) is 3.90. The van der Waals surface area contributed by atoms with E-state index in [-0.39, 0.29) is 18.3 Å².